The molecule has 0 spiro atoms. The number of amides is 1. The number of aliphatic hydroxyl groups is 2. The second-order valence-corrected chi connectivity index (χ2v) is 8.00. The summed E-state index contributed by atoms with van der Waals surface area (Å²) in [7, 11) is 0. The molecule has 1 aliphatic rings. The van der Waals surface area contributed by atoms with Crippen LogP contribution in [0.15, 0.2) is 6.33 Å². The molecular weight excluding hydrogens is 406 g/mol. The van der Waals surface area contributed by atoms with Gasteiger partial charge in [0.15, 0.2) is 11.9 Å². The first-order chi connectivity index (χ1) is 14.9. The third kappa shape index (κ3) is 7.19. The summed E-state index contributed by atoms with van der Waals surface area (Å²) in [5.41, 5.74) is 4.73. The van der Waals surface area contributed by atoms with Crippen LogP contribution in [-0.4, -0.2) is 61.7 Å². The predicted octanol–water partition coefficient (Wildman–Crippen LogP) is 1.77. The predicted molar refractivity (Wildman–Crippen MR) is 111 cm³/mol. The fraction of sp³-hybridized carbons (Fsp3) is 0.762. The third-order valence-electron chi connectivity index (χ3n) is 5.51. The number of carbonyl (C=O) groups excluding carboxylic acids is 2. The van der Waals surface area contributed by atoms with Crippen LogP contribution in [0.1, 0.15) is 87.8 Å². The van der Waals surface area contributed by atoms with E-state index in [2.05, 4.69) is 11.9 Å². The molecule has 2 rings (SSSR count). The van der Waals surface area contributed by atoms with Gasteiger partial charge in [-0.25, -0.2) is 4.98 Å². The topological polar surface area (TPSA) is 157 Å². The van der Waals surface area contributed by atoms with E-state index < -0.39 is 42.3 Å². The maximum absolute atomic E-state index is 12.0. The average Bonchev–Trinajstić information content (AvgIpc) is 3.25. The van der Waals surface area contributed by atoms with Crippen LogP contribution in [0.3, 0.4) is 0 Å². The quantitative estimate of drug-likeness (QED) is 0.251. The number of ether oxygens (including phenoxy) is 2. The first kappa shape index (κ1) is 25.1. The Morgan fingerprint density at radius 1 is 1.10 bits per heavy atom. The Morgan fingerprint density at radius 3 is 2.29 bits per heavy atom. The minimum absolute atomic E-state index is 0.233. The highest BCUT2D eigenvalue weighted by Crippen LogP contribution is 2.33. The van der Waals surface area contributed by atoms with E-state index in [1.807, 2.05) is 0 Å². The normalized spacial score (nSPS) is 23.2. The molecule has 0 radical (unpaired) electrons. The van der Waals surface area contributed by atoms with Gasteiger partial charge in [0, 0.05) is 6.42 Å². The SMILES string of the molecule is CCCCCCCCCCCC(=O)OC[C@H]1O[C@@H](n2cnc(C(N)=O)c2O)[C@H](O)[C@@H]1O. The van der Waals surface area contributed by atoms with Crippen molar-refractivity contribution in [3.05, 3.63) is 12.0 Å². The van der Waals surface area contributed by atoms with E-state index >= 15 is 0 Å². The minimum Gasteiger partial charge on any atom is -0.493 e. The summed E-state index contributed by atoms with van der Waals surface area (Å²) in [5.74, 6) is -1.91. The molecule has 4 atom stereocenters. The fourth-order valence-corrected chi connectivity index (χ4v) is 3.64. The van der Waals surface area contributed by atoms with E-state index in [9.17, 15) is 24.9 Å². The second kappa shape index (κ2) is 12.6. The summed E-state index contributed by atoms with van der Waals surface area (Å²) in [4.78, 5) is 26.8. The van der Waals surface area contributed by atoms with Gasteiger partial charge in [-0.2, -0.15) is 0 Å². The van der Waals surface area contributed by atoms with E-state index in [0.717, 1.165) is 30.2 Å². The Labute approximate surface area is 182 Å². The van der Waals surface area contributed by atoms with Crippen molar-refractivity contribution in [1.29, 1.82) is 0 Å². The molecule has 176 valence electrons. The van der Waals surface area contributed by atoms with Crippen molar-refractivity contribution in [2.45, 2.75) is 95.7 Å². The second-order valence-electron chi connectivity index (χ2n) is 8.00. The fourth-order valence-electron chi connectivity index (χ4n) is 3.64. The highest BCUT2D eigenvalue weighted by Gasteiger charge is 2.45. The van der Waals surface area contributed by atoms with Crippen LogP contribution in [0.2, 0.25) is 0 Å². The molecule has 31 heavy (non-hydrogen) atoms. The summed E-state index contributed by atoms with van der Waals surface area (Å²) in [6.07, 6.45) is 6.75. The Balaban J connectivity index is 1.68. The zero-order chi connectivity index (χ0) is 22.8. The number of nitrogens with zero attached hydrogens (tertiary/aromatic N) is 2. The highest BCUT2D eigenvalue weighted by molar-refractivity contribution is 5.93. The number of primary amides is 1. The molecule has 10 nitrogen and oxygen atoms in total. The number of hydrogen-bond donors (Lipinski definition) is 4. The molecule has 2 heterocycles. The van der Waals surface area contributed by atoms with Gasteiger partial charge < -0.3 is 30.5 Å². The molecule has 0 aliphatic carbocycles. The van der Waals surface area contributed by atoms with Crippen LogP contribution >= 0.6 is 0 Å². The van der Waals surface area contributed by atoms with Crippen molar-refractivity contribution < 1.29 is 34.4 Å². The van der Waals surface area contributed by atoms with Gasteiger partial charge >= 0.3 is 5.97 Å². The molecule has 1 fully saturated rings. The molecule has 1 aliphatic heterocycles. The number of aliphatic hydroxyl groups excluding tert-OH is 2. The molecule has 0 unspecified atom stereocenters. The Morgan fingerprint density at radius 2 is 1.71 bits per heavy atom. The van der Waals surface area contributed by atoms with Gasteiger partial charge in [-0.15, -0.1) is 0 Å². The maximum Gasteiger partial charge on any atom is 0.305 e. The lowest BCUT2D eigenvalue weighted by Gasteiger charge is -2.16. The lowest BCUT2D eigenvalue weighted by atomic mass is 10.1. The van der Waals surface area contributed by atoms with Crippen molar-refractivity contribution in [3.63, 3.8) is 0 Å². The lowest BCUT2D eigenvalue weighted by Crippen LogP contribution is -2.34. The van der Waals surface area contributed by atoms with E-state index in [-0.39, 0.29) is 18.7 Å². The van der Waals surface area contributed by atoms with Crippen LogP contribution < -0.4 is 5.73 Å². The average molecular weight is 442 g/mol. The molecule has 1 saturated heterocycles. The standard InChI is InChI=1S/C21H35N3O7/c1-2-3-4-5-6-7-8-9-10-11-15(25)30-12-14-17(26)18(27)21(31-14)24-13-23-16(19(22)28)20(24)29/h13-14,17-18,21,26-27,29H,2-12H2,1H3,(H2,22,28)/t14-,17-,18-,21-/m1/s1. The van der Waals surface area contributed by atoms with Gasteiger partial charge in [0.2, 0.25) is 5.88 Å². The van der Waals surface area contributed by atoms with Gasteiger partial charge in [0.1, 0.15) is 31.2 Å². The third-order valence-corrected chi connectivity index (χ3v) is 5.51. The molecule has 1 aromatic heterocycles. The van der Waals surface area contributed by atoms with Crippen LogP contribution in [0.5, 0.6) is 5.88 Å². The first-order valence-corrected chi connectivity index (χ1v) is 11.1. The maximum atomic E-state index is 12.0. The Kier molecular flexibility index (Phi) is 10.2. The summed E-state index contributed by atoms with van der Waals surface area (Å²) < 4.78 is 11.7. The zero-order valence-corrected chi connectivity index (χ0v) is 18.1. The number of esters is 1. The van der Waals surface area contributed by atoms with Gasteiger partial charge in [-0.05, 0) is 6.42 Å². The van der Waals surface area contributed by atoms with Gasteiger partial charge in [0.25, 0.3) is 5.91 Å². The van der Waals surface area contributed by atoms with Crippen LogP contribution in [0.25, 0.3) is 0 Å². The van der Waals surface area contributed by atoms with E-state index in [0.29, 0.717) is 0 Å². The molecule has 5 N–H and O–H groups in total. The van der Waals surface area contributed by atoms with E-state index in [1.54, 1.807) is 0 Å². The molecule has 0 aromatic carbocycles. The Bertz CT molecular complexity index is 709. The van der Waals surface area contributed by atoms with Gasteiger partial charge in [0.05, 0.1) is 0 Å². The number of nitrogens with two attached hydrogens (primary N) is 1. The number of aromatic nitrogens is 2. The van der Waals surface area contributed by atoms with Gasteiger partial charge in [-0.1, -0.05) is 58.3 Å². The molecule has 10 heteroatoms. The number of imidazole rings is 1. The largest absolute Gasteiger partial charge is 0.493 e. The minimum atomic E-state index is -1.41. The summed E-state index contributed by atoms with van der Waals surface area (Å²) in [6, 6.07) is 0. The molecular formula is C21H35N3O7. The number of carbonyl (C=O) groups is 2. The molecule has 1 aromatic rings. The number of unbranched alkanes of at least 4 members (excludes halogenated alkanes) is 8. The highest BCUT2D eigenvalue weighted by atomic mass is 16.6. The Hall–Kier alpha value is -2.17. The van der Waals surface area contributed by atoms with Crippen LogP contribution in [0, 0.1) is 0 Å². The first-order valence-electron chi connectivity index (χ1n) is 11.1. The summed E-state index contributed by atoms with van der Waals surface area (Å²) in [5, 5.41) is 30.4. The van der Waals surface area contributed by atoms with Crippen molar-refractivity contribution >= 4 is 11.9 Å². The van der Waals surface area contributed by atoms with Crippen LogP contribution in [0.4, 0.5) is 0 Å². The van der Waals surface area contributed by atoms with Crippen molar-refractivity contribution in [3.8, 4) is 5.88 Å². The van der Waals surface area contributed by atoms with E-state index in [1.165, 1.54) is 38.5 Å². The van der Waals surface area contributed by atoms with Crippen LogP contribution in [-0.2, 0) is 14.3 Å². The monoisotopic (exact) mass is 441 g/mol. The number of rotatable bonds is 14. The zero-order valence-electron chi connectivity index (χ0n) is 18.1. The smallest absolute Gasteiger partial charge is 0.305 e. The van der Waals surface area contributed by atoms with Gasteiger partial charge in [-0.3, -0.25) is 14.2 Å². The molecule has 0 bridgehead atoms. The van der Waals surface area contributed by atoms with E-state index in [4.69, 9.17) is 15.2 Å². The molecule has 1 amide bonds. The lowest BCUT2D eigenvalue weighted by molar-refractivity contribution is -0.150. The van der Waals surface area contributed by atoms with Crippen molar-refractivity contribution in [1.82, 2.24) is 9.55 Å². The van der Waals surface area contributed by atoms with Crippen molar-refractivity contribution in [2.75, 3.05) is 6.61 Å². The molecule has 0 saturated carbocycles. The number of aromatic hydroxyl groups is 1. The summed E-state index contributed by atoms with van der Waals surface area (Å²) >= 11 is 0. The number of hydrogen-bond acceptors (Lipinski definition) is 8. The van der Waals surface area contributed by atoms with Crippen molar-refractivity contribution in [2.24, 2.45) is 5.73 Å². The summed E-state index contributed by atoms with van der Waals surface area (Å²) in [6.45, 7) is 1.97.